The topological polar surface area (TPSA) is 84.6 Å². The largest absolute Gasteiger partial charge is 0.371 e. The Kier molecular flexibility index (Phi) is 10.6. The van der Waals surface area contributed by atoms with Gasteiger partial charge in [0, 0.05) is 19.2 Å². The van der Waals surface area contributed by atoms with E-state index in [-0.39, 0.29) is 30.1 Å². The standard InChI is InChI=1S/C22H33N5O2.HI/c1-4-23-22(24-15-20-26-21(27-29-20)16(3)28-5-2)25-19-13-11-18(12-14-19)17-9-7-6-8-10-17;/h6-10,16,18-19H,4-5,11-15H2,1-3H3,(H2,23,24,25);1H. The van der Waals surface area contributed by atoms with Crippen LogP contribution in [0.15, 0.2) is 39.8 Å². The second kappa shape index (κ2) is 12.9. The molecule has 30 heavy (non-hydrogen) atoms. The molecule has 1 fully saturated rings. The van der Waals surface area contributed by atoms with Gasteiger partial charge in [0.05, 0.1) is 0 Å². The van der Waals surface area contributed by atoms with Gasteiger partial charge in [0.25, 0.3) is 0 Å². The van der Waals surface area contributed by atoms with Gasteiger partial charge in [-0.1, -0.05) is 35.5 Å². The molecule has 7 nitrogen and oxygen atoms in total. The van der Waals surface area contributed by atoms with Gasteiger partial charge in [-0.15, -0.1) is 24.0 Å². The first-order chi connectivity index (χ1) is 14.2. The molecular formula is C22H34IN5O2. The third kappa shape index (κ3) is 7.23. The van der Waals surface area contributed by atoms with E-state index in [9.17, 15) is 0 Å². The molecule has 166 valence electrons. The molecule has 0 saturated heterocycles. The normalized spacial score (nSPS) is 20.3. The van der Waals surface area contributed by atoms with Crippen molar-refractivity contribution in [2.75, 3.05) is 13.2 Å². The molecule has 0 radical (unpaired) electrons. The summed E-state index contributed by atoms with van der Waals surface area (Å²) in [6.07, 6.45) is 4.50. The van der Waals surface area contributed by atoms with Crippen molar-refractivity contribution in [3.8, 4) is 0 Å². The summed E-state index contributed by atoms with van der Waals surface area (Å²) in [6.45, 7) is 7.70. The van der Waals surface area contributed by atoms with Crippen LogP contribution in [0.3, 0.4) is 0 Å². The fourth-order valence-electron chi connectivity index (χ4n) is 3.78. The van der Waals surface area contributed by atoms with Crippen LogP contribution < -0.4 is 10.6 Å². The lowest BCUT2D eigenvalue weighted by molar-refractivity contribution is 0.0683. The third-order valence-electron chi connectivity index (χ3n) is 5.32. The highest BCUT2D eigenvalue weighted by Gasteiger charge is 2.23. The molecule has 1 aliphatic rings. The molecule has 0 aliphatic heterocycles. The lowest BCUT2D eigenvalue weighted by atomic mass is 9.82. The highest BCUT2D eigenvalue weighted by atomic mass is 127. The number of aromatic nitrogens is 2. The Balaban J connectivity index is 0.00000320. The van der Waals surface area contributed by atoms with Crippen LogP contribution in [0.25, 0.3) is 0 Å². The Hall–Kier alpha value is -1.68. The van der Waals surface area contributed by atoms with Crippen molar-refractivity contribution in [1.29, 1.82) is 0 Å². The van der Waals surface area contributed by atoms with Crippen LogP contribution in [0.1, 0.15) is 75.8 Å². The summed E-state index contributed by atoms with van der Waals surface area (Å²) in [4.78, 5) is 9.02. The highest BCUT2D eigenvalue weighted by Crippen LogP contribution is 2.32. The molecule has 1 saturated carbocycles. The maximum atomic E-state index is 5.50. The number of hydrogen-bond acceptors (Lipinski definition) is 5. The molecule has 2 aromatic rings. The molecule has 2 N–H and O–H groups in total. The first-order valence-corrected chi connectivity index (χ1v) is 10.7. The maximum Gasteiger partial charge on any atom is 0.248 e. The van der Waals surface area contributed by atoms with Crippen molar-refractivity contribution in [1.82, 2.24) is 20.8 Å². The van der Waals surface area contributed by atoms with Crippen molar-refractivity contribution in [3.63, 3.8) is 0 Å². The minimum Gasteiger partial charge on any atom is -0.371 e. The van der Waals surface area contributed by atoms with Gasteiger partial charge in [0.1, 0.15) is 12.6 Å². The molecule has 1 aliphatic carbocycles. The van der Waals surface area contributed by atoms with E-state index in [0.29, 0.717) is 36.8 Å². The van der Waals surface area contributed by atoms with Crippen molar-refractivity contribution < 1.29 is 9.26 Å². The SMILES string of the molecule is CCNC(=NCc1nc(C(C)OCC)no1)NC1CCC(c2ccccc2)CC1.I. The Morgan fingerprint density at radius 3 is 2.60 bits per heavy atom. The summed E-state index contributed by atoms with van der Waals surface area (Å²) >= 11 is 0. The predicted molar refractivity (Wildman–Crippen MR) is 129 cm³/mol. The molecule has 1 aromatic heterocycles. The molecule has 0 amide bonds. The zero-order valence-corrected chi connectivity index (χ0v) is 20.5. The van der Waals surface area contributed by atoms with E-state index < -0.39 is 0 Å². The van der Waals surface area contributed by atoms with Gasteiger partial charge < -0.3 is 19.9 Å². The Labute approximate surface area is 196 Å². The van der Waals surface area contributed by atoms with Crippen molar-refractivity contribution >= 4 is 29.9 Å². The number of guanidine groups is 1. The van der Waals surface area contributed by atoms with Crippen LogP contribution in [0.5, 0.6) is 0 Å². The number of benzene rings is 1. The smallest absolute Gasteiger partial charge is 0.248 e. The van der Waals surface area contributed by atoms with Gasteiger partial charge in [-0.2, -0.15) is 4.98 Å². The molecule has 0 bridgehead atoms. The first kappa shape index (κ1) is 24.6. The summed E-state index contributed by atoms with van der Waals surface area (Å²) in [7, 11) is 0. The minimum atomic E-state index is -0.173. The number of halogens is 1. The quantitative estimate of drug-likeness (QED) is 0.298. The number of nitrogens with zero attached hydrogens (tertiary/aromatic N) is 3. The third-order valence-corrected chi connectivity index (χ3v) is 5.32. The number of hydrogen-bond donors (Lipinski definition) is 2. The number of ether oxygens (including phenoxy) is 1. The van der Waals surface area contributed by atoms with Gasteiger partial charge in [-0.25, -0.2) is 4.99 Å². The molecule has 0 spiro atoms. The summed E-state index contributed by atoms with van der Waals surface area (Å²) < 4.78 is 10.8. The zero-order valence-electron chi connectivity index (χ0n) is 18.1. The Bertz CT molecular complexity index is 760. The van der Waals surface area contributed by atoms with Gasteiger partial charge in [0.2, 0.25) is 5.89 Å². The molecule has 1 atom stereocenters. The van der Waals surface area contributed by atoms with Gasteiger partial charge >= 0.3 is 0 Å². The van der Waals surface area contributed by atoms with Crippen LogP contribution in [0, 0.1) is 0 Å². The molecule has 8 heteroatoms. The van der Waals surface area contributed by atoms with Crippen LogP contribution in [-0.4, -0.2) is 35.3 Å². The second-order valence-corrected chi connectivity index (χ2v) is 7.44. The van der Waals surface area contributed by atoms with E-state index in [4.69, 9.17) is 9.26 Å². The van der Waals surface area contributed by atoms with E-state index in [1.54, 1.807) is 0 Å². The van der Waals surface area contributed by atoms with Crippen molar-refractivity contribution in [2.45, 2.75) is 71.1 Å². The van der Waals surface area contributed by atoms with Crippen LogP contribution >= 0.6 is 24.0 Å². The first-order valence-electron chi connectivity index (χ1n) is 10.7. The highest BCUT2D eigenvalue weighted by molar-refractivity contribution is 14.0. The van der Waals surface area contributed by atoms with Gasteiger partial charge in [0.15, 0.2) is 11.8 Å². The summed E-state index contributed by atoms with van der Waals surface area (Å²) in [5, 5.41) is 10.9. The summed E-state index contributed by atoms with van der Waals surface area (Å²) in [6, 6.07) is 11.3. The molecule has 1 heterocycles. The van der Waals surface area contributed by atoms with E-state index in [2.05, 4.69) is 63.0 Å². The number of rotatable bonds is 8. The zero-order chi connectivity index (χ0) is 20.5. The van der Waals surface area contributed by atoms with E-state index in [1.807, 2.05) is 13.8 Å². The average molecular weight is 527 g/mol. The predicted octanol–water partition coefficient (Wildman–Crippen LogP) is 4.57. The summed E-state index contributed by atoms with van der Waals surface area (Å²) in [5.41, 5.74) is 1.46. The minimum absolute atomic E-state index is 0. The monoisotopic (exact) mass is 527 g/mol. The Morgan fingerprint density at radius 1 is 1.20 bits per heavy atom. The summed E-state index contributed by atoms with van der Waals surface area (Å²) in [5.74, 6) is 2.52. The fraction of sp³-hybridized carbons (Fsp3) is 0.591. The van der Waals surface area contributed by atoms with Crippen molar-refractivity contribution in [3.05, 3.63) is 47.6 Å². The van der Waals surface area contributed by atoms with E-state index in [1.165, 1.54) is 18.4 Å². The van der Waals surface area contributed by atoms with Gasteiger partial charge in [-0.3, -0.25) is 0 Å². The average Bonchev–Trinajstić information content (AvgIpc) is 3.23. The fourth-order valence-corrected chi connectivity index (χ4v) is 3.78. The number of aliphatic imine (C=N–C) groups is 1. The van der Waals surface area contributed by atoms with E-state index >= 15 is 0 Å². The van der Waals surface area contributed by atoms with Crippen LogP contribution in [-0.2, 0) is 11.3 Å². The molecular weight excluding hydrogens is 493 g/mol. The second-order valence-electron chi connectivity index (χ2n) is 7.44. The molecule has 1 aromatic carbocycles. The number of nitrogens with one attached hydrogen (secondary N) is 2. The lowest BCUT2D eigenvalue weighted by Gasteiger charge is -2.30. The van der Waals surface area contributed by atoms with Crippen LogP contribution in [0.4, 0.5) is 0 Å². The van der Waals surface area contributed by atoms with E-state index in [0.717, 1.165) is 25.3 Å². The Morgan fingerprint density at radius 2 is 1.93 bits per heavy atom. The van der Waals surface area contributed by atoms with Crippen molar-refractivity contribution in [2.24, 2.45) is 4.99 Å². The molecule has 1 unspecified atom stereocenters. The lowest BCUT2D eigenvalue weighted by Crippen LogP contribution is -2.44. The maximum absolute atomic E-state index is 5.50. The van der Waals surface area contributed by atoms with Crippen LogP contribution in [0.2, 0.25) is 0 Å². The van der Waals surface area contributed by atoms with Gasteiger partial charge in [-0.05, 0) is 57.9 Å². The molecule has 3 rings (SSSR count).